The Morgan fingerprint density at radius 2 is 2.05 bits per heavy atom. The lowest BCUT2D eigenvalue weighted by Gasteiger charge is -2.29. The highest BCUT2D eigenvalue weighted by Crippen LogP contribution is 2.39. The lowest BCUT2D eigenvalue weighted by molar-refractivity contribution is 0.0897. The minimum atomic E-state index is -0.257. The number of nitrogens with one attached hydrogen (secondary N) is 1. The fourth-order valence-corrected chi connectivity index (χ4v) is 2.35. The van der Waals surface area contributed by atoms with Gasteiger partial charge in [-0.15, -0.1) is 12.4 Å². The van der Waals surface area contributed by atoms with Crippen molar-refractivity contribution in [2.24, 2.45) is 11.7 Å². The Bertz CT molecular complexity index is 471. The largest absolute Gasteiger partial charge is 0.345 e. The van der Waals surface area contributed by atoms with E-state index in [1.54, 1.807) is 0 Å². The van der Waals surface area contributed by atoms with Gasteiger partial charge >= 0.3 is 0 Å². The summed E-state index contributed by atoms with van der Waals surface area (Å²) in [6, 6.07) is 5.95. The van der Waals surface area contributed by atoms with Crippen molar-refractivity contribution >= 4 is 18.3 Å². The molecule has 1 fully saturated rings. The number of benzene rings is 1. The smallest absolute Gasteiger partial charge is 0.252 e. The van der Waals surface area contributed by atoms with Crippen molar-refractivity contribution in [3.8, 4) is 0 Å². The van der Waals surface area contributed by atoms with Crippen molar-refractivity contribution in [3.63, 3.8) is 0 Å². The minimum Gasteiger partial charge on any atom is -0.345 e. The topological polar surface area (TPSA) is 55.1 Å². The zero-order valence-corrected chi connectivity index (χ0v) is 12.6. The van der Waals surface area contributed by atoms with E-state index >= 15 is 0 Å². The number of halogens is 1. The maximum atomic E-state index is 12.4. The van der Waals surface area contributed by atoms with E-state index in [-0.39, 0.29) is 23.9 Å². The number of nitrogens with two attached hydrogens (primary N) is 1. The Balaban J connectivity index is 0.00000180. The first-order valence-electron chi connectivity index (χ1n) is 6.56. The molecule has 1 aliphatic carbocycles. The van der Waals surface area contributed by atoms with E-state index in [1.165, 1.54) is 12.8 Å². The van der Waals surface area contributed by atoms with Crippen LogP contribution in [0.4, 0.5) is 0 Å². The van der Waals surface area contributed by atoms with Crippen LogP contribution in [-0.2, 0) is 0 Å². The van der Waals surface area contributed by atoms with Crippen LogP contribution >= 0.6 is 12.4 Å². The maximum Gasteiger partial charge on any atom is 0.252 e. The zero-order valence-electron chi connectivity index (χ0n) is 11.8. The molecule has 19 heavy (non-hydrogen) atoms. The number of hydrogen-bond donors (Lipinski definition) is 2. The van der Waals surface area contributed by atoms with Crippen molar-refractivity contribution in [2.45, 2.75) is 39.2 Å². The molecule has 1 aromatic rings. The van der Waals surface area contributed by atoms with Crippen molar-refractivity contribution in [1.82, 2.24) is 5.32 Å². The van der Waals surface area contributed by atoms with Crippen LogP contribution in [0.3, 0.4) is 0 Å². The summed E-state index contributed by atoms with van der Waals surface area (Å²) in [7, 11) is 0. The number of aryl methyl sites for hydroxylation is 2. The van der Waals surface area contributed by atoms with Gasteiger partial charge in [0.1, 0.15) is 0 Å². The predicted molar refractivity (Wildman–Crippen MR) is 80.8 cm³/mol. The molecule has 2 rings (SSSR count). The van der Waals surface area contributed by atoms with E-state index in [1.807, 2.05) is 39.0 Å². The van der Waals surface area contributed by atoms with Crippen LogP contribution in [-0.4, -0.2) is 18.0 Å². The van der Waals surface area contributed by atoms with E-state index in [2.05, 4.69) is 5.32 Å². The normalized spacial score (nSPS) is 17.3. The monoisotopic (exact) mass is 282 g/mol. The molecule has 1 aliphatic rings. The number of rotatable bonds is 4. The van der Waals surface area contributed by atoms with Gasteiger partial charge in [0.15, 0.2) is 0 Å². The van der Waals surface area contributed by atoms with Gasteiger partial charge in [-0.1, -0.05) is 17.7 Å². The van der Waals surface area contributed by atoms with Gasteiger partial charge in [-0.25, -0.2) is 0 Å². The quantitative estimate of drug-likeness (QED) is 0.892. The Morgan fingerprint density at radius 3 is 2.58 bits per heavy atom. The van der Waals surface area contributed by atoms with E-state index in [0.717, 1.165) is 16.7 Å². The van der Waals surface area contributed by atoms with Gasteiger partial charge in [0, 0.05) is 12.1 Å². The molecule has 1 atom stereocenters. The molecule has 0 saturated heterocycles. The molecule has 3 nitrogen and oxygen atoms in total. The van der Waals surface area contributed by atoms with Crippen LogP contribution in [0.1, 0.15) is 41.3 Å². The molecule has 1 amide bonds. The molecule has 0 radical (unpaired) electrons. The fourth-order valence-electron chi connectivity index (χ4n) is 2.35. The molecule has 0 spiro atoms. The molecule has 3 N–H and O–H groups in total. The average Bonchev–Trinajstić information content (AvgIpc) is 3.16. The van der Waals surface area contributed by atoms with Crippen LogP contribution in [0.15, 0.2) is 18.2 Å². The molecular weight excluding hydrogens is 260 g/mol. The van der Waals surface area contributed by atoms with E-state index in [4.69, 9.17) is 5.73 Å². The van der Waals surface area contributed by atoms with Crippen molar-refractivity contribution in [2.75, 3.05) is 6.54 Å². The van der Waals surface area contributed by atoms with Crippen molar-refractivity contribution in [1.29, 1.82) is 0 Å². The third-order valence-electron chi connectivity index (χ3n) is 3.94. The second-order valence-corrected chi connectivity index (χ2v) is 5.67. The standard InChI is InChI=1S/C15H22N2O.ClH/c1-10-4-5-11(2)13(8-10)14(18)17-15(3,9-16)12-6-7-12;/h4-5,8,12H,6-7,9,16H2,1-3H3,(H,17,18);1H. The molecule has 1 aromatic carbocycles. The SMILES string of the molecule is Cc1ccc(C)c(C(=O)NC(C)(CN)C2CC2)c1.Cl. The summed E-state index contributed by atoms with van der Waals surface area (Å²) in [4.78, 5) is 12.4. The summed E-state index contributed by atoms with van der Waals surface area (Å²) in [5, 5.41) is 3.13. The molecule has 106 valence electrons. The van der Waals surface area contributed by atoms with Crippen LogP contribution in [0.25, 0.3) is 0 Å². The van der Waals surface area contributed by atoms with Gasteiger partial charge in [-0.3, -0.25) is 4.79 Å². The minimum absolute atomic E-state index is 0. The molecule has 0 bridgehead atoms. The summed E-state index contributed by atoms with van der Waals surface area (Å²) in [6.07, 6.45) is 2.33. The first kappa shape index (κ1) is 16.0. The number of carbonyl (C=O) groups excluding carboxylic acids is 1. The second kappa shape index (κ2) is 5.93. The van der Waals surface area contributed by atoms with Crippen LogP contribution in [0.5, 0.6) is 0 Å². The Morgan fingerprint density at radius 1 is 1.42 bits per heavy atom. The lowest BCUT2D eigenvalue weighted by Crippen LogP contribution is -2.53. The average molecular weight is 283 g/mol. The highest BCUT2D eigenvalue weighted by atomic mass is 35.5. The number of hydrogen-bond acceptors (Lipinski definition) is 2. The molecule has 0 aromatic heterocycles. The number of amides is 1. The summed E-state index contributed by atoms with van der Waals surface area (Å²) >= 11 is 0. The van der Waals surface area contributed by atoms with Gasteiger partial charge in [-0.05, 0) is 51.2 Å². The Kier molecular flexibility index (Phi) is 4.99. The Hall–Kier alpha value is -1.06. The molecule has 0 aliphatic heterocycles. The summed E-state index contributed by atoms with van der Waals surface area (Å²) in [5.74, 6) is 0.535. The lowest BCUT2D eigenvalue weighted by atomic mass is 9.94. The molecular formula is C15H23ClN2O. The molecule has 0 heterocycles. The van der Waals surface area contributed by atoms with Crippen LogP contribution in [0, 0.1) is 19.8 Å². The van der Waals surface area contributed by atoms with E-state index in [0.29, 0.717) is 12.5 Å². The zero-order chi connectivity index (χ0) is 13.3. The fraction of sp³-hybridized carbons (Fsp3) is 0.533. The summed E-state index contributed by atoms with van der Waals surface area (Å²) in [6.45, 7) is 6.51. The van der Waals surface area contributed by atoms with Gasteiger partial charge in [-0.2, -0.15) is 0 Å². The van der Waals surface area contributed by atoms with Crippen molar-refractivity contribution in [3.05, 3.63) is 34.9 Å². The Labute approximate surface area is 121 Å². The predicted octanol–water partition coefficient (Wildman–Crippen LogP) is 2.58. The van der Waals surface area contributed by atoms with Gasteiger partial charge in [0.25, 0.3) is 5.91 Å². The van der Waals surface area contributed by atoms with Gasteiger partial charge in [0.2, 0.25) is 0 Å². The highest BCUT2D eigenvalue weighted by molar-refractivity contribution is 5.96. The molecule has 1 unspecified atom stereocenters. The van der Waals surface area contributed by atoms with Crippen molar-refractivity contribution < 1.29 is 4.79 Å². The van der Waals surface area contributed by atoms with Crippen LogP contribution in [0.2, 0.25) is 0 Å². The second-order valence-electron chi connectivity index (χ2n) is 5.67. The third-order valence-corrected chi connectivity index (χ3v) is 3.94. The van der Waals surface area contributed by atoms with E-state index < -0.39 is 0 Å². The molecule has 1 saturated carbocycles. The van der Waals surface area contributed by atoms with E-state index in [9.17, 15) is 4.79 Å². The van der Waals surface area contributed by atoms with Gasteiger partial charge in [0.05, 0.1) is 5.54 Å². The summed E-state index contributed by atoms with van der Waals surface area (Å²) < 4.78 is 0. The highest BCUT2D eigenvalue weighted by Gasteiger charge is 2.41. The number of carbonyl (C=O) groups is 1. The summed E-state index contributed by atoms with van der Waals surface area (Å²) in [5.41, 5.74) is 8.44. The first-order chi connectivity index (χ1) is 8.46. The van der Waals surface area contributed by atoms with Crippen LogP contribution < -0.4 is 11.1 Å². The maximum absolute atomic E-state index is 12.4. The molecule has 4 heteroatoms. The third kappa shape index (κ3) is 3.48. The first-order valence-corrected chi connectivity index (χ1v) is 6.56. The van der Waals surface area contributed by atoms with Gasteiger partial charge < -0.3 is 11.1 Å².